The van der Waals surface area contributed by atoms with Gasteiger partial charge in [0.05, 0.1) is 10.7 Å². The molecule has 6 heteroatoms. The second-order valence-electron chi connectivity index (χ2n) is 6.03. The molecule has 0 bridgehead atoms. The minimum Gasteiger partial charge on any atom is -0.444 e. The molecule has 0 spiro atoms. The molecule has 0 unspecified atom stereocenters. The maximum absolute atomic E-state index is 11.7. The number of amides is 1. The molecule has 0 saturated carbocycles. The fourth-order valence-corrected chi connectivity index (χ4v) is 2.47. The van der Waals surface area contributed by atoms with Crippen LogP contribution in [0.4, 0.5) is 16.2 Å². The lowest BCUT2D eigenvalue weighted by Gasteiger charge is -2.30. The Balaban J connectivity index is 2.03. The first-order chi connectivity index (χ1) is 9.85. The fourth-order valence-electron chi connectivity index (χ4n) is 2.17. The molecule has 1 saturated heterocycles. The minimum absolute atomic E-state index is 0.478. The summed E-state index contributed by atoms with van der Waals surface area (Å²) in [6.07, 6.45) is -0.478. The van der Waals surface area contributed by atoms with Gasteiger partial charge in [-0.15, -0.1) is 0 Å². The van der Waals surface area contributed by atoms with E-state index >= 15 is 0 Å². The number of carbonyl (C=O) groups excluding carboxylic acids is 1. The molecular formula is C15H22ClN3O2. The number of nitrogens with zero attached hydrogens (tertiary/aromatic N) is 1. The van der Waals surface area contributed by atoms with Crippen LogP contribution in [0.1, 0.15) is 20.8 Å². The average Bonchev–Trinajstić information content (AvgIpc) is 2.37. The molecule has 21 heavy (non-hydrogen) atoms. The molecule has 1 aromatic carbocycles. The third-order valence-electron chi connectivity index (χ3n) is 3.05. The maximum Gasteiger partial charge on any atom is 0.412 e. The van der Waals surface area contributed by atoms with Crippen molar-refractivity contribution in [2.24, 2.45) is 0 Å². The quantitative estimate of drug-likeness (QED) is 0.881. The zero-order chi connectivity index (χ0) is 15.5. The van der Waals surface area contributed by atoms with Crippen molar-refractivity contribution in [1.82, 2.24) is 5.32 Å². The molecule has 0 aliphatic carbocycles. The zero-order valence-electron chi connectivity index (χ0n) is 12.7. The predicted octanol–water partition coefficient (Wildman–Crippen LogP) is 3.10. The number of rotatable bonds is 2. The first-order valence-corrected chi connectivity index (χ1v) is 7.48. The summed E-state index contributed by atoms with van der Waals surface area (Å²) in [5.41, 5.74) is 1.11. The van der Waals surface area contributed by atoms with Crippen molar-refractivity contribution in [2.45, 2.75) is 26.4 Å². The summed E-state index contributed by atoms with van der Waals surface area (Å²) in [4.78, 5) is 14.0. The van der Waals surface area contributed by atoms with Crippen LogP contribution in [0.25, 0.3) is 0 Å². The molecule has 0 radical (unpaired) electrons. The van der Waals surface area contributed by atoms with Gasteiger partial charge in [0.15, 0.2) is 0 Å². The number of halogens is 1. The van der Waals surface area contributed by atoms with Gasteiger partial charge in [-0.25, -0.2) is 4.79 Å². The molecule has 1 aliphatic rings. The summed E-state index contributed by atoms with van der Waals surface area (Å²) in [6.45, 7) is 9.24. The Kier molecular flexibility index (Phi) is 4.96. The molecule has 2 N–H and O–H groups in total. The SMILES string of the molecule is CC(C)(C)OC(=O)Nc1ccc(N2CCNCC2)c(Cl)c1. The van der Waals surface area contributed by atoms with Crippen LogP contribution < -0.4 is 15.5 Å². The Morgan fingerprint density at radius 3 is 2.57 bits per heavy atom. The van der Waals surface area contributed by atoms with Crippen molar-refractivity contribution in [3.63, 3.8) is 0 Å². The van der Waals surface area contributed by atoms with Gasteiger partial charge in [-0.05, 0) is 39.0 Å². The highest BCUT2D eigenvalue weighted by Crippen LogP contribution is 2.29. The van der Waals surface area contributed by atoms with E-state index < -0.39 is 11.7 Å². The van der Waals surface area contributed by atoms with Crippen LogP contribution in [-0.4, -0.2) is 37.9 Å². The van der Waals surface area contributed by atoms with Crippen LogP contribution >= 0.6 is 11.6 Å². The maximum atomic E-state index is 11.7. The number of ether oxygens (including phenoxy) is 1. The molecule has 1 aromatic rings. The number of nitrogens with one attached hydrogen (secondary N) is 2. The molecule has 116 valence electrons. The van der Waals surface area contributed by atoms with Gasteiger partial charge in [0.25, 0.3) is 0 Å². The Hall–Kier alpha value is -1.46. The predicted molar refractivity (Wildman–Crippen MR) is 86.4 cm³/mol. The zero-order valence-corrected chi connectivity index (χ0v) is 13.5. The van der Waals surface area contributed by atoms with E-state index in [0.717, 1.165) is 31.9 Å². The molecular weight excluding hydrogens is 290 g/mol. The number of carbonyl (C=O) groups is 1. The summed E-state index contributed by atoms with van der Waals surface area (Å²) < 4.78 is 5.22. The molecule has 1 aliphatic heterocycles. The van der Waals surface area contributed by atoms with Crippen molar-refractivity contribution in [3.05, 3.63) is 23.2 Å². The number of benzene rings is 1. The smallest absolute Gasteiger partial charge is 0.412 e. The second kappa shape index (κ2) is 6.54. The number of piperazine rings is 1. The van der Waals surface area contributed by atoms with Crippen LogP contribution in [0.2, 0.25) is 5.02 Å². The highest BCUT2D eigenvalue weighted by atomic mass is 35.5. The largest absolute Gasteiger partial charge is 0.444 e. The van der Waals surface area contributed by atoms with Crippen LogP contribution in [0.15, 0.2) is 18.2 Å². The fraction of sp³-hybridized carbons (Fsp3) is 0.533. The molecule has 5 nitrogen and oxygen atoms in total. The average molecular weight is 312 g/mol. The van der Waals surface area contributed by atoms with E-state index in [-0.39, 0.29) is 0 Å². The van der Waals surface area contributed by atoms with Crippen molar-refractivity contribution >= 4 is 29.1 Å². The number of anilines is 2. The van der Waals surface area contributed by atoms with E-state index in [0.29, 0.717) is 10.7 Å². The van der Waals surface area contributed by atoms with Gasteiger partial charge in [0.1, 0.15) is 5.60 Å². The highest BCUT2D eigenvalue weighted by Gasteiger charge is 2.17. The van der Waals surface area contributed by atoms with Crippen molar-refractivity contribution < 1.29 is 9.53 Å². The topological polar surface area (TPSA) is 53.6 Å². The van der Waals surface area contributed by atoms with E-state index in [2.05, 4.69) is 15.5 Å². The van der Waals surface area contributed by atoms with Crippen molar-refractivity contribution in [3.8, 4) is 0 Å². The normalized spacial score (nSPS) is 15.7. The lowest BCUT2D eigenvalue weighted by Crippen LogP contribution is -2.43. The third kappa shape index (κ3) is 4.79. The molecule has 0 atom stereocenters. The van der Waals surface area contributed by atoms with Gasteiger partial charge < -0.3 is 15.0 Å². The standard InChI is InChI=1S/C15H22ClN3O2/c1-15(2,3)21-14(20)18-11-4-5-13(12(16)10-11)19-8-6-17-7-9-19/h4-5,10,17H,6-9H2,1-3H3,(H,18,20). The first kappa shape index (κ1) is 15.9. The van der Waals surface area contributed by atoms with Crippen molar-refractivity contribution in [1.29, 1.82) is 0 Å². The molecule has 0 aromatic heterocycles. The summed E-state index contributed by atoms with van der Waals surface area (Å²) in [6, 6.07) is 5.52. The Morgan fingerprint density at radius 1 is 1.33 bits per heavy atom. The van der Waals surface area contributed by atoms with Crippen molar-refractivity contribution in [2.75, 3.05) is 36.4 Å². The minimum atomic E-state index is -0.519. The van der Waals surface area contributed by atoms with Gasteiger partial charge in [-0.3, -0.25) is 5.32 Å². The van der Waals surface area contributed by atoms with Gasteiger partial charge in [0.2, 0.25) is 0 Å². The second-order valence-corrected chi connectivity index (χ2v) is 6.44. The summed E-state index contributed by atoms with van der Waals surface area (Å²) in [5, 5.41) is 6.63. The van der Waals surface area contributed by atoms with Gasteiger partial charge in [-0.1, -0.05) is 11.6 Å². The van der Waals surface area contributed by atoms with Gasteiger partial charge in [0, 0.05) is 31.9 Å². The van der Waals surface area contributed by atoms with Crippen LogP contribution in [0.5, 0.6) is 0 Å². The molecule has 1 heterocycles. The lowest BCUT2D eigenvalue weighted by atomic mass is 10.2. The van der Waals surface area contributed by atoms with Crippen LogP contribution in [0.3, 0.4) is 0 Å². The molecule has 1 fully saturated rings. The summed E-state index contributed by atoms with van der Waals surface area (Å²) >= 11 is 6.33. The van der Waals surface area contributed by atoms with E-state index in [1.54, 1.807) is 6.07 Å². The Bertz CT molecular complexity index is 508. The Morgan fingerprint density at radius 2 is 2.00 bits per heavy atom. The number of hydrogen-bond acceptors (Lipinski definition) is 4. The van der Waals surface area contributed by atoms with E-state index in [4.69, 9.17) is 16.3 Å². The lowest BCUT2D eigenvalue weighted by molar-refractivity contribution is 0.0636. The number of hydrogen-bond donors (Lipinski definition) is 2. The van der Waals surface area contributed by atoms with E-state index in [1.165, 1.54) is 0 Å². The van der Waals surface area contributed by atoms with E-state index in [9.17, 15) is 4.79 Å². The van der Waals surface area contributed by atoms with Crippen LogP contribution in [0, 0.1) is 0 Å². The summed E-state index contributed by atoms with van der Waals surface area (Å²) in [7, 11) is 0. The molecule has 1 amide bonds. The van der Waals surface area contributed by atoms with Gasteiger partial charge in [-0.2, -0.15) is 0 Å². The Labute approximate surface area is 130 Å². The van der Waals surface area contributed by atoms with E-state index in [1.807, 2.05) is 32.9 Å². The monoisotopic (exact) mass is 311 g/mol. The van der Waals surface area contributed by atoms with Crippen LogP contribution in [-0.2, 0) is 4.74 Å². The van der Waals surface area contributed by atoms with Gasteiger partial charge >= 0.3 is 6.09 Å². The molecule has 2 rings (SSSR count). The third-order valence-corrected chi connectivity index (χ3v) is 3.35. The summed E-state index contributed by atoms with van der Waals surface area (Å²) in [5.74, 6) is 0. The first-order valence-electron chi connectivity index (χ1n) is 7.10. The highest BCUT2D eigenvalue weighted by molar-refractivity contribution is 6.33.